The quantitative estimate of drug-likeness (QED) is 0.701. The molecular weight excluding hydrogens is 188 g/mol. The molecule has 0 spiro atoms. The first-order valence-electron chi connectivity index (χ1n) is 5.06. The van der Waals surface area contributed by atoms with Crippen LogP contribution in [0.2, 0.25) is 0 Å². The summed E-state index contributed by atoms with van der Waals surface area (Å²) in [6.07, 6.45) is 4.83. The van der Waals surface area contributed by atoms with Crippen molar-refractivity contribution in [2.75, 3.05) is 0 Å². The van der Waals surface area contributed by atoms with Crippen LogP contribution in [0.25, 0.3) is 5.65 Å². The molecule has 0 aliphatic heterocycles. The van der Waals surface area contributed by atoms with Crippen molar-refractivity contribution in [3.05, 3.63) is 35.3 Å². The van der Waals surface area contributed by atoms with E-state index >= 15 is 0 Å². The Labute approximate surface area is 88.8 Å². The number of nitrogens with zero attached hydrogens (tertiary/aromatic N) is 2. The molecule has 0 bridgehead atoms. The van der Waals surface area contributed by atoms with Gasteiger partial charge in [0, 0.05) is 12.4 Å². The Balaban J connectivity index is 2.74. The highest BCUT2D eigenvalue weighted by atomic mass is 16.1. The SMILES string of the molecule is Cc1cc(C=O)c2nc(C(C)C)cn2c1. The minimum atomic E-state index is 0.379. The minimum Gasteiger partial charge on any atom is -0.306 e. The van der Waals surface area contributed by atoms with Crippen LogP contribution in [0.1, 0.15) is 41.4 Å². The zero-order chi connectivity index (χ0) is 11.0. The zero-order valence-electron chi connectivity index (χ0n) is 9.19. The van der Waals surface area contributed by atoms with Gasteiger partial charge in [-0.3, -0.25) is 4.79 Å². The summed E-state index contributed by atoms with van der Waals surface area (Å²) in [5, 5.41) is 0. The van der Waals surface area contributed by atoms with Crippen LogP contribution < -0.4 is 0 Å². The molecule has 2 rings (SSSR count). The molecule has 0 saturated heterocycles. The number of imidazole rings is 1. The molecule has 0 N–H and O–H groups in total. The fourth-order valence-corrected chi connectivity index (χ4v) is 1.66. The molecule has 0 radical (unpaired) electrons. The summed E-state index contributed by atoms with van der Waals surface area (Å²) >= 11 is 0. The second-order valence-corrected chi connectivity index (χ2v) is 4.14. The van der Waals surface area contributed by atoms with Crippen LogP contribution in [0, 0.1) is 6.92 Å². The maximum Gasteiger partial charge on any atom is 0.153 e. The smallest absolute Gasteiger partial charge is 0.153 e. The van der Waals surface area contributed by atoms with Gasteiger partial charge in [0.25, 0.3) is 0 Å². The third-order valence-electron chi connectivity index (χ3n) is 2.45. The number of hydrogen-bond donors (Lipinski definition) is 0. The lowest BCUT2D eigenvalue weighted by Gasteiger charge is -1.98. The van der Waals surface area contributed by atoms with Crippen molar-refractivity contribution in [2.24, 2.45) is 0 Å². The highest BCUT2D eigenvalue weighted by Gasteiger charge is 2.08. The molecule has 3 heteroatoms. The van der Waals surface area contributed by atoms with E-state index in [2.05, 4.69) is 18.8 Å². The van der Waals surface area contributed by atoms with Gasteiger partial charge in [0.15, 0.2) is 6.29 Å². The van der Waals surface area contributed by atoms with E-state index in [0.717, 1.165) is 23.2 Å². The van der Waals surface area contributed by atoms with E-state index in [1.807, 2.05) is 29.8 Å². The van der Waals surface area contributed by atoms with Gasteiger partial charge in [-0.05, 0) is 24.5 Å². The molecule has 0 amide bonds. The average molecular weight is 202 g/mol. The molecule has 78 valence electrons. The van der Waals surface area contributed by atoms with Gasteiger partial charge in [-0.15, -0.1) is 0 Å². The average Bonchev–Trinajstić information content (AvgIpc) is 2.59. The second-order valence-electron chi connectivity index (χ2n) is 4.14. The van der Waals surface area contributed by atoms with E-state index in [9.17, 15) is 4.79 Å². The molecule has 0 aliphatic rings. The van der Waals surface area contributed by atoms with E-state index in [1.165, 1.54) is 0 Å². The lowest BCUT2D eigenvalue weighted by molar-refractivity contribution is 0.112. The van der Waals surface area contributed by atoms with Gasteiger partial charge in [-0.1, -0.05) is 13.8 Å². The third-order valence-corrected chi connectivity index (χ3v) is 2.45. The van der Waals surface area contributed by atoms with Crippen LogP contribution >= 0.6 is 0 Å². The minimum absolute atomic E-state index is 0.379. The number of aromatic nitrogens is 2. The molecule has 15 heavy (non-hydrogen) atoms. The van der Waals surface area contributed by atoms with Crippen molar-refractivity contribution >= 4 is 11.9 Å². The Morgan fingerprint density at radius 2 is 2.13 bits per heavy atom. The fourth-order valence-electron chi connectivity index (χ4n) is 1.66. The van der Waals surface area contributed by atoms with Crippen LogP contribution in [0.4, 0.5) is 0 Å². The number of aldehydes is 1. The summed E-state index contributed by atoms with van der Waals surface area (Å²) in [4.78, 5) is 15.4. The number of aryl methyl sites for hydroxylation is 1. The number of carbonyl (C=O) groups is 1. The van der Waals surface area contributed by atoms with Gasteiger partial charge in [-0.2, -0.15) is 0 Å². The predicted molar refractivity (Wildman–Crippen MR) is 59.4 cm³/mol. The summed E-state index contributed by atoms with van der Waals surface area (Å²) < 4.78 is 1.92. The molecule has 0 atom stereocenters. The van der Waals surface area contributed by atoms with Crippen LogP contribution in [-0.2, 0) is 0 Å². The summed E-state index contributed by atoms with van der Waals surface area (Å²) in [6, 6.07) is 1.86. The largest absolute Gasteiger partial charge is 0.306 e. The van der Waals surface area contributed by atoms with Gasteiger partial charge >= 0.3 is 0 Å². The van der Waals surface area contributed by atoms with Crippen LogP contribution in [0.3, 0.4) is 0 Å². The Bertz CT molecular complexity index is 512. The Hall–Kier alpha value is -1.64. The van der Waals surface area contributed by atoms with Gasteiger partial charge in [0.2, 0.25) is 0 Å². The molecule has 0 aromatic carbocycles. The Morgan fingerprint density at radius 3 is 2.73 bits per heavy atom. The lowest BCUT2D eigenvalue weighted by Crippen LogP contribution is -1.91. The molecule has 2 aromatic heterocycles. The highest BCUT2D eigenvalue weighted by molar-refractivity contribution is 5.84. The van der Waals surface area contributed by atoms with Crippen LogP contribution in [0.5, 0.6) is 0 Å². The number of pyridine rings is 1. The number of hydrogen-bond acceptors (Lipinski definition) is 2. The van der Waals surface area contributed by atoms with Crippen molar-refractivity contribution in [2.45, 2.75) is 26.7 Å². The first-order valence-corrected chi connectivity index (χ1v) is 5.06. The normalized spacial score (nSPS) is 11.2. The van der Waals surface area contributed by atoms with Crippen molar-refractivity contribution in [1.82, 2.24) is 9.38 Å². The Kier molecular flexibility index (Phi) is 2.31. The number of rotatable bonds is 2. The molecule has 0 fully saturated rings. The van der Waals surface area contributed by atoms with E-state index in [1.54, 1.807) is 0 Å². The molecule has 3 nitrogen and oxygen atoms in total. The summed E-state index contributed by atoms with van der Waals surface area (Å²) in [6.45, 7) is 6.16. The molecule has 0 saturated carbocycles. The summed E-state index contributed by atoms with van der Waals surface area (Å²) in [5.41, 5.74) is 3.49. The molecule has 2 heterocycles. The topological polar surface area (TPSA) is 34.4 Å². The fraction of sp³-hybridized carbons (Fsp3) is 0.333. The standard InChI is InChI=1S/C12H14N2O/c1-8(2)11-6-14-5-9(3)4-10(7-15)12(14)13-11/h4-8H,1-3H3. The van der Waals surface area contributed by atoms with Crippen LogP contribution in [-0.4, -0.2) is 15.7 Å². The summed E-state index contributed by atoms with van der Waals surface area (Å²) in [5.74, 6) is 0.379. The highest BCUT2D eigenvalue weighted by Crippen LogP contribution is 2.17. The van der Waals surface area contributed by atoms with Crippen molar-refractivity contribution < 1.29 is 4.79 Å². The van der Waals surface area contributed by atoms with E-state index in [0.29, 0.717) is 11.5 Å². The molecule has 0 aliphatic carbocycles. The summed E-state index contributed by atoms with van der Waals surface area (Å²) in [7, 11) is 0. The van der Waals surface area contributed by atoms with Gasteiger partial charge in [-0.25, -0.2) is 4.98 Å². The van der Waals surface area contributed by atoms with Crippen molar-refractivity contribution in [3.8, 4) is 0 Å². The van der Waals surface area contributed by atoms with Gasteiger partial charge < -0.3 is 4.40 Å². The maximum atomic E-state index is 10.9. The predicted octanol–water partition coefficient (Wildman–Crippen LogP) is 2.58. The number of carbonyl (C=O) groups excluding carboxylic acids is 1. The van der Waals surface area contributed by atoms with Crippen molar-refractivity contribution in [1.29, 1.82) is 0 Å². The Morgan fingerprint density at radius 1 is 1.40 bits per heavy atom. The lowest BCUT2D eigenvalue weighted by atomic mass is 10.2. The number of fused-ring (bicyclic) bond motifs is 1. The molecular formula is C12H14N2O. The van der Waals surface area contributed by atoms with E-state index in [4.69, 9.17) is 0 Å². The van der Waals surface area contributed by atoms with Gasteiger partial charge in [0.05, 0.1) is 11.3 Å². The first-order chi connectivity index (χ1) is 7.11. The third kappa shape index (κ3) is 1.65. The van der Waals surface area contributed by atoms with E-state index < -0.39 is 0 Å². The molecule has 0 unspecified atom stereocenters. The van der Waals surface area contributed by atoms with Crippen molar-refractivity contribution in [3.63, 3.8) is 0 Å². The second kappa shape index (κ2) is 3.50. The van der Waals surface area contributed by atoms with E-state index in [-0.39, 0.29) is 0 Å². The van der Waals surface area contributed by atoms with Gasteiger partial charge in [0.1, 0.15) is 5.65 Å². The zero-order valence-corrected chi connectivity index (χ0v) is 9.19. The molecule has 2 aromatic rings. The van der Waals surface area contributed by atoms with Crippen LogP contribution in [0.15, 0.2) is 18.5 Å². The first kappa shape index (κ1) is 9.90. The monoisotopic (exact) mass is 202 g/mol. The maximum absolute atomic E-state index is 10.9.